The van der Waals surface area contributed by atoms with Crippen molar-refractivity contribution in [2.75, 3.05) is 13.1 Å². The van der Waals surface area contributed by atoms with Crippen LogP contribution in [0.15, 0.2) is 36.5 Å². The number of hydrogen-bond acceptors (Lipinski definition) is 4. The fourth-order valence-corrected chi connectivity index (χ4v) is 2.99. The topological polar surface area (TPSA) is 63.2 Å². The second-order valence-corrected chi connectivity index (χ2v) is 6.39. The first-order valence-corrected chi connectivity index (χ1v) is 8.48. The Morgan fingerprint density at radius 3 is 2.77 bits per heavy atom. The van der Waals surface area contributed by atoms with Crippen molar-refractivity contribution in [1.82, 2.24) is 15.6 Å². The Labute approximate surface area is 174 Å². The highest BCUT2D eigenvalue weighted by atomic mass is 35.5. The molecule has 1 fully saturated rings. The van der Waals surface area contributed by atoms with Crippen LogP contribution in [0.25, 0.3) is 0 Å². The van der Waals surface area contributed by atoms with E-state index in [0.29, 0.717) is 21.4 Å². The molecule has 1 atom stereocenters. The number of rotatable bonds is 4. The van der Waals surface area contributed by atoms with E-state index in [1.165, 1.54) is 0 Å². The molecule has 0 bridgehead atoms. The quantitative estimate of drug-likeness (QED) is 0.737. The minimum absolute atomic E-state index is 0. The number of nitrogens with zero attached hydrogens (tertiary/aromatic N) is 1. The molecule has 142 valence electrons. The molecule has 1 unspecified atom stereocenters. The lowest BCUT2D eigenvalue weighted by molar-refractivity contribution is 0.0927. The standard InChI is InChI=1S/C17H17Cl2N3O2.2ClH/c18-11-5-6-15(14(19)9-11)24-17-13(4-2-8-21-17)16(23)22-12-3-1-7-20-10-12;;/h2,4-6,8-9,12,20H,1,3,7,10H2,(H,22,23);2*1H. The van der Waals surface area contributed by atoms with Gasteiger partial charge in [-0.1, -0.05) is 23.2 Å². The number of carbonyl (C=O) groups is 1. The van der Waals surface area contributed by atoms with Crippen LogP contribution in [0.4, 0.5) is 0 Å². The lowest BCUT2D eigenvalue weighted by atomic mass is 10.1. The number of nitrogens with one attached hydrogen (secondary N) is 2. The van der Waals surface area contributed by atoms with Crippen molar-refractivity contribution in [2.24, 2.45) is 0 Å². The largest absolute Gasteiger partial charge is 0.437 e. The fraction of sp³-hybridized carbons (Fsp3) is 0.294. The number of aromatic nitrogens is 1. The van der Waals surface area contributed by atoms with Crippen molar-refractivity contribution in [3.8, 4) is 11.6 Å². The molecular formula is C17H19Cl4N3O2. The van der Waals surface area contributed by atoms with Crippen LogP contribution in [-0.4, -0.2) is 30.0 Å². The van der Waals surface area contributed by atoms with Crippen LogP contribution < -0.4 is 15.4 Å². The van der Waals surface area contributed by atoms with Gasteiger partial charge in [-0.3, -0.25) is 4.79 Å². The Balaban J connectivity index is 0.00000169. The first-order valence-electron chi connectivity index (χ1n) is 7.73. The molecule has 0 aliphatic carbocycles. The first kappa shape index (κ1) is 22.8. The van der Waals surface area contributed by atoms with Crippen LogP contribution in [0.5, 0.6) is 11.6 Å². The summed E-state index contributed by atoms with van der Waals surface area (Å²) in [5.74, 6) is 0.396. The molecule has 0 saturated carbocycles. The molecule has 3 rings (SSSR count). The van der Waals surface area contributed by atoms with Gasteiger partial charge in [0.2, 0.25) is 5.88 Å². The summed E-state index contributed by atoms with van der Waals surface area (Å²) in [6, 6.07) is 8.38. The molecule has 1 saturated heterocycles. The van der Waals surface area contributed by atoms with Gasteiger partial charge in [-0.2, -0.15) is 0 Å². The van der Waals surface area contributed by atoms with Crippen molar-refractivity contribution in [2.45, 2.75) is 18.9 Å². The van der Waals surface area contributed by atoms with Crippen molar-refractivity contribution in [3.63, 3.8) is 0 Å². The molecule has 0 radical (unpaired) electrons. The summed E-state index contributed by atoms with van der Waals surface area (Å²) in [5, 5.41) is 7.14. The van der Waals surface area contributed by atoms with Crippen molar-refractivity contribution >= 4 is 53.9 Å². The van der Waals surface area contributed by atoms with E-state index in [9.17, 15) is 4.79 Å². The average Bonchev–Trinajstić information content (AvgIpc) is 2.59. The van der Waals surface area contributed by atoms with E-state index < -0.39 is 0 Å². The Bertz CT molecular complexity index is 740. The number of benzene rings is 1. The fourth-order valence-electron chi connectivity index (χ4n) is 2.55. The molecule has 2 heterocycles. The lowest BCUT2D eigenvalue weighted by Gasteiger charge is -2.24. The van der Waals surface area contributed by atoms with Gasteiger partial charge in [0.15, 0.2) is 0 Å². The lowest BCUT2D eigenvalue weighted by Crippen LogP contribution is -2.45. The maximum atomic E-state index is 12.5. The van der Waals surface area contributed by atoms with Crippen LogP contribution in [0.1, 0.15) is 23.2 Å². The highest BCUT2D eigenvalue weighted by Crippen LogP contribution is 2.32. The summed E-state index contributed by atoms with van der Waals surface area (Å²) in [5.41, 5.74) is 0.370. The summed E-state index contributed by atoms with van der Waals surface area (Å²) >= 11 is 12.0. The average molecular weight is 439 g/mol. The summed E-state index contributed by atoms with van der Waals surface area (Å²) < 4.78 is 5.73. The summed E-state index contributed by atoms with van der Waals surface area (Å²) in [7, 11) is 0. The van der Waals surface area contributed by atoms with Gasteiger partial charge >= 0.3 is 0 Å². The van der Waals surface area contributed by atoms with Gasteiger partial charge in [-0.15, -0.1) is 24.8 Å². The minimum atomic E-state index is -0.211. The van der Waals surface area contributed by atoms with E-state index >= 15 is 0 Å². The van der Waals surface area contributed by atoms with E-state index in [0.717, 1.165) is 25.9 Å². The minimum Gasteiger partial charge on any atom is -0.437 e. The van der Waals surface area contributed by atoms with Crippen LogP contribution >= 0.6 is 48.0 Å². The first-order chi connectivity index (χ1) is 11.6. The SMILES string of the molecule is Cl.Cl.O=C(NC1CCCNC1)c1cccnc1Oc1ccc(Cl)cc1Cl. The van der Waals surface area contributed by atoms with Crippen LogP contribution in [0, 0.1) is 0 Å². The van der Waals surface area contributed by atoms with E-state index in [-0.39, 0.29) is 42.6 Å². The second kappa shape index (κ2) is 10.8. The maximum absolute atomic E-state index is 12.5. The molecule has 1 aromatic heterocycles. The Morgan fingerprint density at radius 2 is 2.08 bits per heavy atom. The third-order valence-electron chi connectivity index (χ3n) is 3.75. The number of amides is 1. The molecule has 0 spiro atoms. The normalized spacial score (nSPS) is 16.0. The number of halogens is 4. The molecule has 1 aliphatic rings. The van der Waals surface area contributed by atoms with E-state index in [2.05, 4.69) is 15.6 Å². The van der Waals surface area contributed by atoms with Crippen LogP contribution in [0.3, 0.4) is 0 Å². The van der Waals surface area contributed by atoms with E-state index in [1.807, 2.05) is 0 Å². The molecular weight excluding hydrogens is 420 g/mol. The van der Waals surface area contributed by atoms with E-state index in [4.69, 9.17) is 27.9 Å². The summed E-state index contributed by atoms with van der Waals surface area (Å²) in [6.07, 6.45) is 3.57. The molecule has 9 heteroatoms. The molecule has 1 aliphatic heterocycles. The zero-order chi connectivity index (χ0) is 16.9. The van der Waals surface area contributed by atoms with Gasteiger partial charge in [-0.25, -0.2) is 4.98 Å². The van der Waals surface area contributed by atoms with Gasteiger partial charge in [0.05, 0.1) is 5.02 Å². The van der Waals surface area contributed by atoms with Crippen molar-refractivity contribution in [1.29, 1.82) is 0 Å². The van der Waals surface area contributed by atoms with Gasteiger partial charge in [0.25, 0.3) is 5.91 Å². The second-order valence-electron chi connectivity index (χ2n) is 5.55. The summed E-state index contributed by atoms with van der Waals surface area (Å²) in [6.45, 7) is 1.76. The molecule has 1 aromatic carbocycles. The molecule has 1 amide bonds. The predicted molar refractivity (Wildman–Crippen MR) is 109 cm³/mol. The highest BCUT2D eigenvalue weighted by Gasteiger charge is 2.20. The van der Waals surface area contributed by atoms with Crippen LogP contribution in [0.2, 0.25) is 10.0 Å². The monoisotopic (exact) mass is 437 g/mol. The number of ether oxygens (including phenoxy) is 1. The Hall–Kier alpha value is -1.24. The maximum Gasteiger partial charge on any atom is 0.257 e. The van der Waals surface area contributed by atoms with Gasteiger partial charge < -0.3 is 15.4 Å². The van der Waals surface area contributed by atoms with Gasteiger partial charge in [-0.05, 0) is 49.7 Å². The third kappa shape index (κ3) is 5.89. The predicted octanol–water partition coefficient (Wildman–Crippen LogP) is 4.51. The molecule has 26 heavy (non-hydrogen) atoms. The van der Waals surface area contributed by atoms with Crippen LogP contribution in [-0.2, 0) is 0 Å². The zero-order valence-electron chi connectivity index (χ0n) is 13.7. The Morgan fingerprint density at radius 1 is 1.27 bits per heavy atom. The number of pyridine rings is 1. The van der Waals surface area contributed by atoms with Crippen molar-refractivity contribution < 1.29 is 9.53 Å². The number of carbonyl (C=O) groups excluding carboxylic acids is 1. The van der Waals surface area contributed by atoms with Gasteiger partial charge in [0, 0.05) is 23.8 Å². The highest BCUT2D eigenvalue weighted by molar-refractivity contribution is 6.35. The third-order valence-corrected chi connectivity index (χ3v) is 4.28. The Kier molecular flexibility index (Phi) is 9.47. The number of piperidine rings is 1. The van der Waals surface area contributed by atoms with E-state index in [1.54, 1.807) is 36.5 Å². The summed E-state index contributed by atoms with van der Waals surface area (Å²) in [4.78, 5) is 16.7. The smallest absolute Gasteiger partial charge is 0.257 e. The molecule has 5 nitrogen and oxygen atoms in total. The number of hydrogen-bond donors (Lipinski definition) is 2. The van der Waals surface area contributed by atoms with Gasteiger partial charge in [0.1, 0.15) is 11.3 Å². The molecule has 2 aromatic rings. The zero-order valence-corrected chi connectivity index (χ0v) is 16.9. The molecule has 2 N–H and O–H groups in total. The van der Waals surface area contributed by atoms with Crippen molar-refractivity contribution in [3.05, 3.63) is 52.1 Å².